The standard InChI is InChI=1S/C12H23N3O2S/c1-9-6-15(11(3)8-18(5)16)12(13-9)14-10(2)7-17-4/h6,10-11H,7-8H2,1-5H3,(H,13,14). The van der Waals surface area contributed by atoms with Crippen LogP contribution in [0, 0.1) is 6.92 Å². The Labute approximate surface area is 111 Å². The largest absolute Gasteiger partial charge is 0.383 e. The fourth-order valence-corrected chi connectivity index (χ4v) is 2.73. The maximum atomic E-state index is 11.3. The first-order valence-corrected chi connectivity index (χ1v) is 7.77. The molecule has 1 aromatic rings. The summed E-state index contributed by atoms with van der Waals surface area (Å²) in [6, 6.07) is 0.351. The molecule has 0 aliphatic carbocycles. The van der Waals surface area contributed by atoms with Gasteiger partial charge in [-0.05, 0) is 20.8 Å². The summed E-state index contributed by atoms with van der Waals surface area (Å²) in [7, 11) is 0.867. The molecule has 0 aromatic carbocycles. The molecule has 1 heterocycles. The lowest BCUT2D eigenvalue weighted by atomic mass is 10.3. The second kappa shape index (κ2) is 6.89. The van der Waals surface area contributed by atoms with Crippen molar-refractivity contribution in [2.45, 2.75) is 32.9 Å². The van der Waals surface area contributed by atoms with Gasteiger partial charge in [-0.25, -0.2) is 4.98 Å². The van der Waals surface area contributed by atoms with E-state index >= 15 is 0 Å². The van der Waals surface area contributed by atoms with Crippen LogP contribution in [0.5, 0.6) is 0 Å². The fourth-order valence-electron chi connectivity index (χ4n) is 1.89. The summed E-state index contributed by atoms with van der Waals surface area (Å²) in [5.74, 6) is 1.44. The predicted octanol–water partition coefficient (Wildman–Crippen LogP) is 1.58. The Balaban J connectivity index is 2.81. The zero-order valence-corrected chi connectivity index (χ0v) is 12.6. The molecule has 3 unspecified atom stereocenters. The van der Waals surface area contributed by atoms with Crippen LogP contribution in [0.15, 0.2) is 6.20 Å². The highest BCUT2D eigenvalue weighted by molar-refractivity contribution is 7.84. The lowest BCUT2D eigenvalue weighted by molar-refractivity contribution is 0.190. The first-order chi connectivity index (χ1) is 8.43. The van der Waals surface area contributed by atoms with Crippen molar-refractivity contribution < 1.29 is 8.95 Å². The summed E-state index contributed by atoms with van der Waals surface area (Å²) in [6.07, 6.45) is 3.71. The normalized spacial score (nSPS) is 16.3. The Hall–Kier alpha value is -0.880. The van der Waals surface area contributed by atoms with E-state index in [9.17, 15) is 4.21 Å². The first-order valence-electron chi connectivity index (χ1n) is 6.05. The van der Waals surface area contributed by atoms with Crippen molar-refractivity contribution in [3.05, 3.63) is 11.9 Å². The van der Waals surface area contributed by atoms with Gasteiger partial charge in [-0.1, -0.05) is 0 Å². The number of hydrogen-bond acceptors (Lipinski definition) is 4. The van der Waals surface area contributed by atoms with Crippen LogP contribution >= 0.6 is 0 Å². The third-order valence-electron chi connectivity index (χ3n) is 2.60. The first kappa shape index (κ1) is 15.2. The van der Waals surface area contributed by atoms with Crippen LogP contribution in [0.25, 0.3) is 0 Å². The Bertz CT molecular complexity index is 406. The number of methoxy groups -OCH3 is 1. The van der Waals surface area contributed by atoms with Crippen LogP contribution in [0.2, 0.25) is 0 Å². The SMILES string of the molecule is COCC(C)Nc1nc(C)cn1C(C)CS(C)=O. The number of nitrogens with one attached hydrogen (secondary N) is 1. The van der Waals surface area contributed by atoms with Crippen LogP contribution in [0.1, 0.15) is 25.6 Å². The van der Waals surface area contributed by atoms with E-state index < -0.39 is 10.8 Å². The molecule has 0 bridgehead atoms. The van der Waals surface area contributed by atoms with E-state index in [0.717, 1.165) is 11.6 Å². The van der Waals surface area contributed by atoms with Gasteiger partial charge in [0.1, 0.15) is 0 Å². The molecular weight excluding hydrogens is 250 g/mol. The van der Waals surface area contributed by atoms with E-state index in [0.29, 0.717) is 12.4 Å². The Morgan fingerprint density at radius 3 is 2.78 bits per heavy atom. The van der Waals surface area contributed by atoms with Crippen molar-refractivity contribution in [2.24, 2.45) is 0 Å². The fraction of sp³-hybridized carbons (Fsp3) is 0.750. The van der Waals surface area contributed by atoms with Gasteiger partial charge in [0.2, 0.25) is 5.95 Å². The summed E-state index contributed by atoms with van der Waals surface area (Å²) < 4.78 is 18.5. The van der Waals surface area contributed by atoms with E-state index in [1.807, 2.05) is 24.6 Å². The molecule has 0 amide bonds. The summed E-state index contributed by atoms with van der Waals surface area (Å²) in [6.45, 7) is 6.67. The highest BCUT2D eigenvalue weighted by atomic mass is 32.2. The molecule has 0 aliphatic heterocycles. The minimum atomic E-state index is -0.812. The molecule has 3 atom stereocenters. The zero-order chi connectivity index (χ0) is 13.7. The van der Waals surface area contributed by atoms with Gasteiger partial charge >= 0.3 is 0 Å². The molecular formula is C12H23N3O2S. The van der Waals surface area contributed by atoms with Crippen molar-refractivity contribution in [3.8, 4) is 0 Å². The maximum Gasteiger partial charge on any atom is 0.203 e. The minimum Gasteiger partial charge on any atom is -0.383 e. The maximum absolute atomic E-state index is 11.3. The van der Waals surface area contributed by atoms with E-state index in [2.05, 4.69) is 17.2 Å². The molecule has 18 heavy (non-hydrogen) atoms. The summed E-state index contributed by atoms with van der Waals surface area (Å²) in [5, 5.41) is 3.31. The lowest BCUT2D eigenvalue weighted by Gasteiger charge is -2.18. The van der Waals surface area contributed by atoms with Gasteiger partial charge in [-0.15, -0.1) is 0 Å². The van der Waals surface area contributed by atoms with Gasteiger partial charge in [0.15, 0.2) is 0 Å². The third-order valence-corrected chi connectivity index (χ3v) is 3.55. The molecule has 0 saturated carbocycles. The van der Waals surface area contributed by atoms with Crippen LogP contribution in [-0.4, -0.2) is 45.5 Å². The van der Waals surface area contributed by atoms with Crippen LogP contribution in [-0.2, 0) is 15.5 Å². The Morgan fingerprint density at radius 2 is 2.22 bits per heavy atom. The summed E-state index contributed by atoms with van der Waals surface area (Å²) in [5.41, 5.74) is 0.954. The molecule has 1 rings (SSSR count). The predicted molar refractivity (Wildman–Crippen MR) is 75.6 cm³/mol. The summed E-state index contributed by atoms with van der Waals surface area (Å²) in [4.78, 5) is 4.46. The van der Waals surface area contributed by atoms with Gasteiger partial charge in [0.05, 0.1) is 12.3 Å². The highest BCUT2D eigenvalue weighted by Gasteiger charge is 2.14. The molecule has 0 saturated heterocycles. The van der Waals surface area contributed by atoms with Crippen molar-refractivity contribution in [1.82, 2.24) is 9.55 Å². The molecule has 5 nitrogen and oxygen atoms in total. The number of aromatic nitrogens is 2. The number of ether oxygens (including phenoxy) is 1. The Kier molecular flexibility index (Phi) is 5.81. The molecule has 0 fully saturated rings. The zero-order valence-electron chi connectivity index (χ0n) is 11.8. The molecule has 104 valence electrons. The molecule has 1 N–H and O–H groups in total. The minimum absolute atomic E-state index is 0.161. The van der Waals surface area contributed by atoms with Crippen LogP contribution in [0.3, 0.4) is 0 Å². The average molecular weight is 273 g/mol. The molecule has 0 aliphatic rings. The topological polar surface area (TPSA) is 56.1 Å². The van der Waals surface area contributed by atoms with Gasteiger partial charge < -0.3 is 14.6 Å². The smallest absolute Gasteiger partial charge is 0.203 e. The van der Waals surface area contributed by atoms with Gasteiger partial charge in [-0.3, -0.25) is 4.21 Å². The molecule has 6 heteroatoms. The van der Waals surface area contributed by atoms with Crippen molar-refractivity contribution in [1.29, 1.82) is 0 Å². The van der Waals surface area contributed by atoms with Crippen molar-refractivity contribution >= 4 is 16.7 Å². The molecule has 0 spiro atoms. The quantitative estimate of drug-likeness (QED) is 0.819. The van der Waals surface area contributed by atoms with Gasteiger partial charge in [-0.2, -0.15) is 0 Å². The number of imidazole rings is 1. The summed E-state index contributed by atoms with van der Waals surface area (Å²) >= 11 is 0. The van der Waals surface area contributed by atoms with Crippen molar-refractivity contribution in [2.75, 3.05) is 31.0 Å². The molecule has 0 radical (unpaired) electrons. The van der Waals surface area contributed by atoms with E-state index in [1.54, 1.807) is 13.4 Å². The van der Waals surface area contributed by atoms with Crippen molar-refractivity contribution in [3.63, 3.8) is 0 Å². The number of nitrogens with zero attached hydrogens (tertiary/aromatic N) is 2. The average Bonchev–Trinajstić information content (AvgIpc) is 2.58. The van der Waals surface area contributed by atoms with E-state index in [-0.39, 0.29) is 12.1 Å². The number of rotatable bonds is 7. The molecule has 1 aromatic heterocycles. The van der Waals surface area contributed by atoms with Gasteiger partial charge in [0, 0.05) is 48.2 Å². The van der Waals surface area contributed by atoms with E-state index in [4.69, 9.17) is 4.74 Å². The lowest BCUT2D eigenvalue weighted by Crippen LogP contribution is -2.24. The second-order valence-electron chi connectivity index (χ2n) is 4.70. The van der Waals surface area contributed by atoms with Crippen LogP contribution in [0.4, 0.5) is 5.95 Å². The number of anilines is 1. The van der Waals surface area contributed by atoms with Gasteiger partial charge in [0.25, 0.3) is 0 Å². The van der Waals surface area contributed by atoms with Crippen LogP contribution < -0.4 is 5.32 Å². The third kappa shape index (κ3) is 4.42. The highest BCUT2D eigenvalue weighted by Crippen LogP contribution is 2.17. The Morgan fingerprint density at radius 1 is 1.56 bits per heavy atom. The second-order valence-corrected chi connectivity index (χ2v) is 6.18. The number of hydrogen-bond donors (Lipinski definition) is 1. The monoisotopic (exact) mass is 273 g/mol. The van der Waals surface area contributed by atoms with E-state index in [1.165, 1.54) is 0 Å². The number of aryl methyl sites for hydroxylation is 1.